The topological polar surface area (TPSA) is 57.8 Å². The van der Waals surface area contributed by atoms with Crippen molar-refractivity contribution in [2.45, 2.75) is 6.42 Å². The molecule has 2 N–H and O–H groups in total. The van der Waals surface area contributed by atoms with E-state index in [1.807, 2.05) is 0 Å². The lowest BCUT2D eigenvalue weighted by atomic mass is 10.2. The van der Waals surface area contributed by atoms with E-state index in [1.165, 1.54) is 18.2 Å². The van der Waals surface area contributed by atoms with Gasteiger partial charge < -0.3 is 10.3 Å². The molecule has 0 unspecified atom stereocenters. The van der Waals surface area contributed by atoms with Crippen molar-refractivity contribution in [3.8, 4) is 0 Å². The van der Waals surface area contributed by atoms with Gasteiger partial charge in [0.15, 0.2) is 0 Å². The molecule has 0 atom stereocenters. The number of nitrogens with one attached hydrogen (secondary N) is 2. The molecule has 18 heavy (non-hydrogen) atoms. The molecule has 2 aromatic rings. The number of rotatable bonds is 4. The van der Waals surface area contributed by atoms with E-state index in [1.54, 1.807) is 12.4 Å². The normalized spacial score (nSPS) is 10.3. The Kier molecular flexibility index (Phi) is 3.94. The Hall–Kier alpha value is -1.88. The third kappa shape index (κ3) is 3.07. The lowest BCUT2D eigenvalue weighted by molar-refractivity contribution is 0.0954. The minimum absolute atomic E-state index is 0.0614. The summed E-state index contributed by atoms with van der Waals surface area (Å²) in [6.45, 7) is 0.446. The monoisotopic (exact) mass is 267 g/mol. The van der Waals surface area contributed by atoms with Crippen LogP contribution in [0, 0.1) is 5.82 Å². The van der Waals surface area contributed by atoms with Gasteiger partial charge in [-0.15, -0.1) is 0 Å². The zero-order chi connectivity index (χ0) is 13.0. The standard InChI is InChI=1S/C12H11ClFN3O/c13-9-7-8(1-2-10(9)14)12(18)17-4-3-11-15-5-6-16-11/h1-2,5-7H,3-4H2,(H,15,16)(H,17,18). The number of nitrogens with zero attached hydrogens (tertiary/aromatic N) is 1. The molecule has 0 saturated heterocycles. The molecule has 0 aliphatic heterocycles. The van der Waals surface area contributed by atoms with Crippen molar-refractivity contribution in [2.24, 2.45) is 0 Å². The first-order chi connectivity index (χ1) is 8.66. The second-order valence-corrected chi connectivity index (χ2v) is 4.08. The van der Waals surface area contributed by atoms with Crippen molar-refractivity contribution in [3.63, 3.8) is 0 Å². The maximum absolute atomic E-state index is 12.9. The maximum Gasteiger partial charge on any atom is 0.251 e. The molecule has 1 heterocycles. The second-order valence-electron chi connectivity index (χ2n) is 3.67. The third-order valence-corrected chi connectivity index (χ3v) is 2.67. The van der Waals surface area contributed by atoms with E-state index < -0.39 is 5.82 Å². The predicted octanol–water partition coefficient (Wildman–Crippen LogP) is 2.17. The Morgan fingerprint density at radius 1 is 1.50 bits per heavy atom. The average Bonchev–Trinajstić information content (AvgIpc) is 2.85. The van der Waals surface area contributed by atoms with Crippen LogP contribution in [-0.4, -0.2) is 22.4 Å². The maximum atomic E-state index is 12.9. The number of carbonyl (C=O) groups is 1. The van der Waals surface area contributed by atoms with E-state index >= 15 is 0 Å². The van der Waals surface area contributed by atoms with Crippen molar-refractivity contribution in [1.29, 1.82) is 0 Å². The largest absolute Gasteiger partial charge is 0.352 e. The smallest absolute Gasteiger partial charge is 0.251 e. The molecule has 0 fully saturated rings. The van der Waals surface area contributed by atoms with E-state index in [0.717, 1.165) is 5.82 Å². The number of hydrogen-bond donors (Lipinski definition) is 2. The van der Waals surface area contributed by atoms with E-state index in [-0.39, 0.29) is 10.9 Å². The first kappa shape index (κ1) is 12.6. The Morgan fingerprint density at radius 3 is 3.00 bits per heavy atom. The first-order valence-corrected chi connectivity index (χ1v) is 5.76. The molecule has 94 valence electrons. The van der Waals surface area contributed by atoms with Gasteiger partial charge in [0.2, 0.25) is 0 Å². The fourth-order valence-corrected chi connectivity index (χ4v) is 1.65. The van der Waals surface area contributed by atoms with Gasteiger partial charge in [-0.1, -0.05) is 11.6 Å². The number of H-pyrrole nitrogens is 1. The van der Waals surface area contributed by atoms with Gasteiger partial charge in [0.25, 0.3) is 5.91 Å². The fourth-order valence-electron chi connectivity index (χ4n) is 1.47. The number of aromatic amines is 1. The minimum atomic E-state index is -0.538. The van der Waals surface area contributed by atoms with E-state index in [4.69, 9.17) is 11.6 Å². The molecule has 0 saturated carbocycles. The predicted molar refractivity (Wildman–Crippen MR) is 66.0 cm³/mol. The fraction of sp³-hybridized carbons (Fsp3) is 0.167. The highest BCUT2D eigenvalue weighted by Gasteiger charge is 2.08. The van der Waals surface area contributed by atoms with Crippen molar-refractivity contribution >= 4 is 17.5 Å². The zero-order valence-corrected chi connectivity index (χ0v) is 10.2. The van der Waals surface area contributed by atoms with E-state index in [9.17, 15) is 9.18 Å². The molecule has 0 aliphatic carbocycles. The van der Waals surface area contributed by atoms with E-state index in [2.05, 4.69) is 15.3 Å². The van der Waals surface area contributed by atoms with Crippen LogP contribution in [0.3, 0.4) is 0 Å². The molecular weight excluding hydrogens is 257 g/mol. The summed E-state index contributed by atoms with van der Waals surface area (Å²) in [4.78, 5) is 18.7. The molecular formula is C12H11ClFN3O. The number of carbonyl (C=O) groups excluding carboxylic acids is 1. The lowest BCUT2D eigenvalue weighted by Gasteiger charge is -2.04. The second kappa shape index (κ2) is 5.64. The summed E-state index contributed by atoms with van der Waals surface area (Å²) in [5.41, 5.74) is 0.334. The molecule has 1 amide bonds. The molecule has 1 aromatic heterocycles. The molecule has 6 heteroatoms. The zero-order valence-electron chi connectivity index (χ0n) is 9.41. The number of halogens is 2. The van der Waals surface area contributed by atoms with Crippen LogP contribution in [0.4, 0.5) is 4.39 Å². The van der Waals surface area contributed by atoms with Gasteiger partial charge in [-0.3, -0.25) is 4.79 Å². The SMILES string of the molecule is O=C(NCCc1ncc[nH]1)c1ccc(F)c(Cl)c1. The summed E-state index contributed by atoms with van der Waals surface area (Å²) in [5, 5.41) is 2.64. The van der Waals surface area contributed by atoms with Gasteiger partial charge in [0.1, 0.15) is 11.6 Å². The van der Waals surface area contributed by atoms with Gasteiger partial charge in [-0.2, -0.15) is 0 Å². The Bertz CT molecular complexity index is 542. The van der Waals surface area contributed by atoms with E-state index in [0.29, 0.717) is 18.5 Å². The Morgan fingerprint density at radius 2 is 2.33 bits per heavy atom. The highest BCUT2D eigenvalue weighted by atomic mass is 35.5. The van der Waals surface area contributed by atoms with Crippen LogP contribution in [0.25, 0.3) is 0 Å². The number of imidazole rings is 1. The highest BCUT2D eigenvalue weighted by molar-refractivity contribution is 6.31. The van der Waals surface area contributed by atoms with Gasteiger partial charge in [-0.25, -0.2) is 9.37 Å². The number of benzene rings is 1. The molecule has 2 rings (SSSR count). The van der Waals surface area contributed by atoms with Crippen LogP contribution < -0.4 is 5.32 Å². The Balaban J connectivity index is 1.89. The third-order valence-electron chi connectivity index (χ3n) is 2.38. The summed E-state index contributed by atoms with van der Waals surface area (Å²) < 4.78 is 12.9. The number of amides is 1. The van der Waals surface area contributed by atoms with Gasteiger partial charge >= 0.3 is 0 Å². The quantitative estimate of drug-likeness (QED) is 0.892. The molecule has 0 bridgehead atoms. The summed E-state index contributed by atoms with van der Waals surface area (Å²) >= 11 is 5.60. The molecule has 0 spiro atoms. The summed E-state index contributed by atoms with van der Waals surface area (Å²) in [7, 11) is 0. The van der Waals surface area contributed by atoms with Crippen LogP contribution in [0.2, 0.25) is 5.02 Å². The molecule has 0 aliphatic rings. The first-order valence-electron chi connectivity index (χ1n) is 5.38. The van der Waals surface area contributed by atoms with Gasteiger partial charge in [0, 0.05) is 30.9 Å². The van der Waals surface area contributed by atoms with Gasteiger partial charge in [-0.05, 0) is 18.2 Å². The Labute approximate surface area is 108 Å². The number of aromatic nitrogens is 2. The highest BCUT2D eigenvalue weighted by Crippen LogP contribution is 2.15. The van der Waals surface area contributed by atoms with Crippen LogP contribution in [0.1, 0.15) is 16.2 Å². The molecule has 4 nitrogen and oxygen atoms in total. The van der Waals surface area contributed by atoms with Crippen LogP contribution in [0.15, 0.2) is 30.6 Å². The van der Waals surface area contributed by atoms with Crippen LogP contribution in [0.5, 0.6) is 0 Å². The minimum Gasteiger partial charge on any atom is -0.352 e. The average molecular weight is 268 g/mol. The number of hydrogen-bond acceptors (Lipinski definition) is 2. The van der Waals surface area contributed by atoms with Crippen molar-refractivity contribution in [2.75, 3.05) is 6.54 Å². The summed E-state index contributed by atoms with van der Waals surface area (Å²) in [5.74, 6) is -0.0281. The molecule has 1 aromatic carbocycles. The molecule has 0 radical (unpaired) electrons. The summed E-state index contributed by atoms with van der Waals surface area (Å²) in [6.07, 6.45) is 3.97. The van der Waals surface area contributed by atoms with Crippen molar-refractivity contribution in [1.82, 2.24) is 15.3 Å². The van der Waals surface area contributed by atoms with Crippen LogP contribution in [-0.2, 0) is 6.42 Å². The lowest BCUT2D eigenvalue weighted by Crippen LogP contribution is -2.25. The van der Waals surface area contributed by atoms with Crippen molar-refractivity contribution in [3.05, 3.63) is 52.8 Å². The van der Waals surface area contributed by atoms with Crippen molar-refractivity contribution < 1.29 is 9.18 Å². The van der Waals surface area contributed by atoms with Crippen LogP contribution >= 0.6 is 11.6 Å². The van der Waals surface area contributed by atoms with Gasteiger partial charge in [0.05, 0.1) is 5.02 Å². The summed E-state index contributed by atoms with van der Waals surface area (Å²) in [6, 6.07) is 3.87.